The van der Waals surface area contributed by atoms with Crippen LogP contribution < -0.4 is 0 Å². The van der Waals surface area contributed by atoms with Crippen LogP contribution in [-0.4, -0.2) is 46.4 Å². The van der Waals surface area contributed by atoms with E-state index >= 15 is 0 Å². The first kappa shape index (κ1) is 21.6. The molecule has 6 nitrogen and oxygen atoms in total. The van der Waals surface area contributed by atoms with Crippen molar-refractivity contribution in [3.05, 3.63) is 108 Å². The Morgan fingerprint density at radius 2 is 1.28 bits per heavy atom. The predicted octanol–water partition coefficient (Wildman–Crippen LogP) is 3.88. The number of amides is 1. The third kappa shape index (κ3) is 3.97. The fraction of sp³-hybridized carbons (Fsp3) is 0.231. The maximum absolute atomic E-state index is 13.5. The van der Waals surface area contributed by atoms with E-state index in [1.807, 2.05) is 91.0 Å². The number of hydrogen-bond donors (Lipinski definition) is 2. The van der Waals surface area contributed by atoms with Gasteiger partial charge < -0.3 is 14.9 Å². The molecule has 164 valence electrons. The van der Waals surface area contributed by atoms with Crippen LogP contribution >= 0.6 is 0 Å². The van der Waals surface area contributed by atoms with E-state index in [4.69, 9.17) is 4.74 Å². The Morgan fingerprint density at radius 3 is 1.66 bits per heavy atom. The van der Waals surface area contributed by atoms with Gasteiger partial charge in [-0.15, -0.1) is 0 Å². The fourth-order valence-corrected chi connectivity index (χ4v) is 4.40. The average Bonchev–Trinajstić information content (AvgIpc) is 3.29. The molecule has 3 aromatic carbocycles. The van der Waals surface area contributed by atoms with Crippen molar-refractivity contribution in [2.24, 2.45) is 5.92 Å². The van der Waals surface area contributed by atoms with Crippen molar-refractivity contribution in [2.45, 2.75) is 18.1 Å². The number of carboxylic acid groups (broad SMARTS) is 1. The van der Waals surface area contributed by atoms with Crippen LogP contribution in [0.3, 0.4) is 0 Å². The van der Waals surface area contributed by atoms with Gasteiger partial charge in [0.2, 0.25) is 0 Å². The van der Waals surface area contributed by atoms with Crippen molar-refractivity contribution in [3.63, 3.8) is 0 Å². The molecule has 1 fully saturated rings. The summed E-state index contributed by atoms with van der Waals surface area (Å²) in [5.41, 5.74) is 1.00. The predicted molar refractivity (Wildman–Crippen MR) is 119 cm³/mol. The number of hydrogen-bond acceptors (Lipinski definition) is 4. The lowest BCUT2D eigenvalue weighted by Crippen LogP contribution is -2.45. The van der Waals surface area contributed by atoms with Gasteiger partial charge in [0.15, 0.2) is 5.60 Å². The van der Waals surface area contributed by atoms with Crippen LogP contribution in [0.1, 0.15) is 23.1 Å². The Morgan fingerprint density at radius 1 is 0.844 bits per heavy atom. The summed E-state index contributed by atoms with van der Waals surface area (Å²) >= 11 is 0. The number of benzene rings is 3. The summed E-state index contributed by atoms with van der Waals surface area (Å²) in [5.74, 6) is -0.942. The molecule has 4 rings (SSSR count). The second-order valence-corrected chi connectivity index (χ2v) is 7.94. The van der Waals surface area contributed by atoms with Crippen molar-refractivity contribution in [2.75, 3.05) is 13.2 Å². The molecule has 3 aromatic rings. The lowest BCUT2D eigenvalue weighted by atomic mass is 9.80. The van der Waals surface area contributed by atoms with E-state index in [-0.39, 0.29) is 25.5 Å². The Kier molecular flexibility index (Phi) is 6.23. The molecule has 0 saturated carbocycles. The zero-order chi connectivity index (χ0) is 22.6. The first-order valence-electron chi connectivity index (χ1n) is 10.6. The van der Waals surface area contributed by atoms with Crippen molar-refractivity contribution >= 4 is 12.1 Å². The number of carbonyl (C=O) groups is 2. The summed E-state index contributed by atoms with van der Waals surface area (Å²) in [4.78, 5) is 26.4. The number of ether oxygens (including phenoxy) is 1. The second-order valence-electron chi connectivity index (χ2n) is 7.94. The average molecular weight is 431 g/mol. The van der Waals surface area contributed by atoms with Gasteiger partial charge in [-0.1, -0.05) is 91.0 Å². The third-order valence-corrected chi connectivity index (χ3v) is 5.96. The van der Waals surface area contributed by atoms with Crippen LogP contribution in [0.2, 0.25) is 0 Å². The molecule has 0 aliphatic carbocycles. The standard InChI is InChI=1S/C26H25NO5/c28-18-19-16-23(27(17-19)25(30)31)24(29)32-26(20-10-4-1-5-11-20,21-12-6-2-7-13-21)22-14-8-3-9-15-22/h1-15,19,23,28H,16-18H2,(H,30,31)/t19-,23+/m1/s1. The SMILES string of the molecule is O=C(OC(c1ccccc1)(c1ccccc1)c1ccccc1)[C@@H]1C[C@@H](CO)CN1C(=O)O. The highest BCUT2D eigenvalue weighted by Gasteiger charge is 2.46. The van der Waals surface area contributed by atoms with E-state index in [0.717, 1.165) is 21.6 Å². The molecule has 1 saturated heterocycles. The van der Waals surface area contributed by atoms with Crippen LogP contribution in [-0.2, 0) is 15.1 Å². The van der Waals surface area contributed by atoms with Gasteiger partial charge in [0.1, 0.15) is 6.04 Å². The molecule has 0 bridgehead atoms. The zero-order valence-corrected chi connectivity index (χ0v) is 17.5. The molecular formula is C26H25NO5. The monoisotopic (exact) mass is 431 g/mol. The van der Waals surface area contributed by atoms with Gasteiger partial charge in [0.25, 0.3) is 0 Å². The summed E-state index contributed by atoms with van der Waals surface area (Å²) < 4.78 is 6.33. The number of rotatable bonds is 6. The van der Waals surface area contributed by atoms with Crippen LogP contribution in [0.5, 0.6) is 0 Å². The highest BCUT2D eigenvalue weighted by atomic mass is 16.6. The van der Waals surface area contributed by atoms with E-state index in [1.54, 1.807) is 0 Å². The number of carbonyl (C=O) groups excluding carboxylic acids is 1. The van der Waals surface area contributed by atoms with Crippen LogP contribution in [0.15, 0.2) is 91.0 Å². The van der Waals surface area contributed by atoms with Gasteiger partial charge in [0, 0.05) is 35.8 Å². The minimum Gasteiger partial charge on any atom is -0.465 e. The molecule has 32 heavy (non-hydrogen) atoms. The first-order chi connectivity index (χ1) is 15.6. The second kappa shape index (κ2) is 9.24. The van der Waals surface area contributed by atoms with E-state index in [9.17, 15) is 19.8 Å². The molecule has 0 spiro atoms. The largest absolute Gasteiger partial charge is 0.465 e. The minimum absolute atomic E-state index is 0.0978. The first-order valence-corrected chi connectivity index (χ1v) is 10.6. The number of likely N-dealkylation sites (tertiary alicyclic amines) is 1. The van der Waals surface area contributed by atoms with E-state index in [1.165, 1.54) is 0 Å². The van der Waals surface area contributed by atoms with E-state index in [0.29, 0.717) is 0 Å². The van der Waals surface area contributed by atoms with Crippen molar-refractivity contribution in [1.29, 1.82) is 0 Å². The van der Waals surface area contributed by atoms with Crippen molar-refractivity contribution in [1.82, 2.24) is 4.90 Å². The van der Waals surface area contributed by atoms with Gasteiger partial charge in [-0.05, 0) is 6.42 Å². The highest BCUT2D eigenvalue weighted by molar-refractivity contribution is 5.82. The van der Waals surface area contributed by atoms with Gasteiger partial charge in [-0.2, -0.15) is 0 Å². The summed E-state index contributed by atoms with van der Waals surface area (Å²) in [6.07, 6.45) is -0.983. The number of aliphatic hydroxyl groups excluding tert-OH is 1. The molecule has 1 heterocycles. The van der Waals surface area contributed by atoms with E-state index in [2.05, 4.69) is 0 Å². The van der Waals surface area contributed by atoms with Crippen LogP contribution in [0, 0.1) is 5.92 Å². The van der Waals surface area contributed by atoms with Gasteiger partial charge in [-0.3, -0.25) is 4.90 Å². The summed E-state index contributed by atoms with van der Waals surface area (Å²) in [6, 6.07) is 27.3. The number of nitrogens with zero attached hydrogens (tertiary/aromatic N) is 1. The fourth-order valence-electron chi connectivity index (χ4n) is 4.40. The molecule has 1 aliphatic rings. The van der Waals surface area contributed by atoms with Crippen molar-refractivity contribution in [3.8, 4) is 0 Å². The summed E-state index contributed by atoms with van der Waals surface area (Å²) in [7, 11) is 0. The van der Waals surface area contributed by atoms with Gasteiger partial charge >= 0.3 is 12.1 Å². The van der Waals surface area contributed by atoms with Gasteiger partial charge in [-0.25, -0.2) is 9.59 Å². The maximum Gasteiger partial charge on any atom is 0.408 e. The van der Waals surface area contributed by atoms with Crippen LogP contribution in [0.25, 0.3) is 0 Å². The molecule has 6 heteroatoms. The van der Waals surface area contributed by atoms with Gasteiger partial charge in [0.05, 0.1) is 0 Å². The molecular weight excluding hydrogens is 406 g/mol. The molecule has 0 aromatic heterocycles. The molecule has 1 amide bonds. The highest BCUT2D eigenvalue weighted by Crippen LogP contribution is 2.41. The smallest absolute Gasteiger partial charge is 0.408 e. The number of aliphatic hydroxyl groups is 1. The molecule has 1 aliphatic heterocycles. The molecule has 2 atom stereocenters. The molecule has 0 unspecified atom stereocenters. The van der Waals surface area contributed by atoms with Crippen LogP contribution in [0.4, 0.5) is 4.79 Å². The Labute approximate surface area is 186 Å². The Hall–Kier alpha value is -3.64. The Balaban J connectivity index is 1.85. The maximum atomic E-state index is 13.5. The quantitative estimate of drug-likeness (QED) is 0.457. The normalized spacial score (nSPS) is 18.3. The summed E-state index contributed by atoms with van der Waals surface area (Å²) in [6.45, 7) is -0.0879. The molecule has 0 radical (unpaired) electrons. The lowest BCUT2D eigenvalue weighted by molar-refractivity contribution is -0.158. The summed E-state index contributed by atoms with van der Waals surface area (Å²) in [5, 5.41) is 19.2. The number of esters is 1. The Bertz CT molecular complexity index is 959. The van der Waals surface area contributed by atoms with Crippen molar-refractivity contribution < 1.29 is 24.5 Å². The molecule has 2 N–H and O–H groups in total. The lowest BCUT2D eigenvalue weighted by Gasteiger charge is -2.36. The van der Waals surface area contributed by atoms with E-state index < -0.39 is 23.7 Å². The zero-order valence-electron chi connectivity index (χ0n) is 17.5. The topological polar surface area (TPSA) is 87.1 Å². The minimum atomic E-state index is -1.26. The third-order valence-electron chi connectivity index (χ3n) is 5.96.